The molecule has 1 amide bonds. The minimum atomic E-state index is -0.197. The second-order valence-electron chi connectivity index (χ2n) is 4.87. The number of nitrogens with two attached hydrogens (primary N) is 1. The van der Waals surface area contributed by atoms with Crippen molar-refractivity contribution in [3.63, 3.8) is 0 Å². The summed E-state index contributed by atoms with van der Waals surface area (Å²) < 4.78 is 5.08. The number of carbonyl (C=O) groups excluding carboxylic acids is 1. The summed E-state index contributed by atoms with van der Waals surface area (Å²) in [7, 11) is 3.61. The highest BCUT2D eigenvalue weighted by molar-refractivity contribution is 5.76. The van der Waals surface area contributed by atoms with Gasteiger partial charge in [0.2, 0.25) is 5.91 Å². The van der Waals surface area contributed by atoms with E-state index in [9.17, 15) is 4.79 Å². The Labute approximate surface area is 121 Å². The predicted octanol–water partition coefficient (Wildman–Crippen LogP) is 0.598. The van der Waals surface area contributed by atoms with Gasteiger partial charge in [-0.25, -0.2) is 0 Å². The zero-order chi connectivity index (χ0) is 14.8. The van der Waals surface area contributed by atoms with Gasteiger partial charge < -0.3 is 20.7 Å². The van der Waals surface area contributed by atoms with Gasteiger partial charge in [0, 0.05) is 33.3 Å². The van der Waals surface area contributed by atoms with E-state index in [1.165, 1.54) is 5.56 Å². The van der Waals surface area contributed by atoms with Crippen molar-refractivity contribution in [2.24, 2.45) is 5.73 Å². The van der Waals surface area contributed by atoms with Crippen LogP contribution in [-0.4, -0.2) is 50.7 Å². The van der Waals surface area contributed by atoms with Gasteiger partial charge in [0.1, 0.15) is 0 Å². The zero-order valence-corrected chi connectivity index (χ0v) is 12.3. The quantitative estimate of drug-likeness (QED) is 0.694. The molecule has 5 heteroatoms. The van der Waals surface area contributed by atoms with Crippen LogP contribution in [0.3, 0.4) is 0 Å². The summed E-state index contributed by atoms with van der Waals surface area (Å²) in [5.74, 6) is -0.0181. The van der Waals surface area contributed by atoms with Crippen molar-refractivity contribution in [3.8, 4) is 0 Å². The van der Waals surface area contributed by atoms with Crippen molar-refractivity contribution in [2.45, 2.75) is 19.1 Å². The van der Waals surface area contributed by atoms with Gasteiger partial charge in [0.15, 0.2) is 0 Å². The minimum absolute atomic E-state index is 0.0181. The van der Waals surface area contributed by atoms with E-state index >= 15 is 0 Å². The predicted molar refractivity (Wildman–Crippen MR) is 80.3 cm³/mol. The van der Waals surface area contributed by atoms with Gasteiger partial charge in [0.25, 0.3) is 0 Å². The molecule has 0 spiro atoms. The highest BCUT2D eigenvalue weighted by Crippen LogP contribution is 2.01. The van der Waals surface area contributed by atoms with Crippen molar-refractivity contribution in [3.05, 3.63) is 35.9 Å². The van der Waals surface area contributed by atoms with Crippen LogP contribution in [0.2, 0.25) is 0 Å². The number of benzene rings is 1. The Morgan fingerprint density at radius 2 is 2.10 bits per heavy atom. The minimum Gasteiger partial charge on any atom is -0.380 e. The van der Waals surface area contributed by atoms with Crippen LogP contribution in [0.5, 0.6) is 0 Å². The summed E-state index contributed by atoms with van der Waals surface area (Å²) in [5, 5.41) is 2.88. The third-order valence-electron chi connectivity index (χ3n) is 3.12. The second kappa shape index (κ2) is 9.47. The summed E-state index contributed by atoms with van der Waals surface area (Å²) in [4.78, 5) is 13.8. The molecule has 0 fully saturated rings. The van der Waals surface area contributed by atoms with E-state index in [4.69, 9.17) is 10.5 Å². The van der Waals surface area contributed by atoms with Crippen LogP contribution in [-0.2, 0) is 16.1 Å². The summed E-state index contributed by atoms with van der Waals surface area (Å²) in [5.41, 5.74) is 6.75. The van der Waals surface area contributed by atoms with E-state index < -0.39 is 0 Å². The molecule has 0 bridgehead atoms. The van der Waals surface area contributed by atoms with Crippen molar-refractivity contribution < 1.29 is 9.53 Å². The molecule has 0 aliphatic carbocycles. The first-order valence-electron chi connectivity index (χ1n) is 6.87. The number of likely N-dealkylation sites (N-methyl/N-ethyl adjacent to an activating group) is 1. The van der Waals surface area contributed by atoms with Gasteiger partial charge in [-0.2, -0.15) is 0 Å². The molecule has 3 N–H and O–H groups in total. The van der Waals surface area contributed by atoms with Gasteiger partial charge in [0.05, 0.1) is 12.5 Å². The van der Waals surface area contributed by atoms with Crippen molar-refractivity contribution in [1.29, 1.82) is 0 Å². The van der Waals surface area contributed by atoms with Crippen LogP contribution in [0.25, 0.3) is 0 Å². The first-order chi connectivity index (χ1) is 9.65. The molecule has 1 aromatic carbocycles. The number of hydrogen-bond acceptors (Lipinski definition) is 4. The SMILES string of the molecule is COC(CN)CC(=O)NCCN(C)Cc1ccccc1. The normalized spacial score (nSPS) is 12.4. The molecule has 0 heterocycles. The van der Waals surface area contributed by atoms with E-state index in [-0.39, 0.29) is 12.0 Å². The summed E-state index contributed by atoms with van der Waals surface area (Å²) in [6.07, 6.45) is 0.118. The lowest BCUT2D eigenvalue weighted by molar-refractivity contribution is -0.123. The van der Waals surface area contributed by atoms with E-state index in [1.54, 1.807) is 7.11 Å². The first-order valence-corrected chi connectivity index (χ1v) is 6.87. The maximum absolute atomic E-state index is 11.6. The van der Waals surface area contributed by atoms with E-state index in [0.29, 0.717) is 19.5 Å². The Morgan fingerprint density at radius 3 is 2.70 bits per heavy atom. The van der Waals surface area contributed by atoms with Crippen LogP contribution < -0.4 is 11.1 Å². The summed E-state index contributed by atoms with van der Waals surface area (Å²) in [6.45, 7) is 2.67. The Kier molecular flexibility index (Phi) is 7.87. The van der Waals surface area contributed by atoms with Crippen LogP contribution in [0, 0.1) is 0 Å². The Morgan fingerprint density at radius 1 is 1.40 bits per heavy atom. The first kappa shape index (κ1) is 16.6. The lowest BCUT2D eigenvalue weighted by Gasteiger charge is -2.18. The average molecular weight is 279 g/mol. The van der Waals surface area contributed by atoms with E-state index in [2.05, 4.69) is 22.3 Å². The fraction of sp³-hybridized carbons (Fsp3) is 0.533. The second-order valence-corrected chi connectivity index (χ2v) is 4.87. The third kappa shape index (κ3) is 6.65. The molecular formula is C15H25N3O2. The van der Waals surface area contributed by atoms with Gasteiger partial charge in [-0.15, -0.1) is 0 Å². The lowest BCUT2D eigenvalue weighted by atomic mass is 10.2. The molecule has 0 aliphatic heterocycles. The lowest BCUT2D eigenvalue weighted by Crippen LogP contribution is -2.36. The van der Waals surface area contributed by atoms with Gasteiger partial charge in [-0.3, -0.25) is 4.79 Å². The highest BCUT2D eigenvalue weighted by Gasteiger charge is 2.10. The number of ether oxygens (including phenoxy) is 1. The summed E-state index contributed by atoms with van der Waals surface area (Å²) >= 11 is 0. The molecule has 0 radical (unpaired) electrons. The topological polar surface area (TPSA) is 67.6 Å². The standard InChI is InChI=1S/C15H25N3O2/c1-18(12-13-6-4-3-5-7-13)9-8-17-15(19)10-14(11-16)20-2/h3-7,14H,8-12,16H2,1-2H3,(H,17,19). The van der Waals surface area contributed by atoms with Crippen molar-refractivity contribution >= 4 is 5.91 Å². The summed E-state index contributed by atoms with van der Waals surface area (Å²) in [6, 6.07) is 10.3. The molecular weight excluding hydrogens is 254 g/mol. The molecule has 0 aromatic heterocycles. The molecule has 0 saturated carbocycles. The Bertz CT molecular complexity index is 380. The Hall–Kier alpha value is -1.43. The average Bonchev–Trinajstić information content (AvgIpc) is 2.45. The molecule has 20 heavy (non-hydrogen) atoms. The number of hydrogen-bond donors (Lipinski definition) is 2. The number of nitrogens with zero attached hydrogens (tertiary/aromatic N) is 1. The molecule has 1 rings (SSSR count). The molecule has 1 aromatic rings. The fourth-order valence-electron chi connectivity index (χ4n) is 1.90. The highest BCUT2D eigenvalue weighted by atomic mass is 16.5. The zero-order valence-electron chi connectivity index (χ0n) is 12.3. The number of rotatable bonds is 9. The number of carbonyl (C=O) groups is 1. The molecule has 0 aliphatic rings. The molecule has 5 nitrogen and oxygen atoms in total. The molecule has 112 valence electrons. The number of nitrogens with one attached hydrogen (secondary N) is 1. The van der Waals surface area contributed by atoms with Crippen LogP contribution in [0.15, 0.2) is 30.3 Å². The van der Waals surface area contributed by atoms with E-state index in [0.717, 1.165) is 13.1 Å². The van der Waals surface area contributed by atoms with Crippen LogP contribution in [0.1, 0.15) is 12.0 Å². The maximum Gasteiger partial charge on any atom is 0.222 e. The maximum atomic E-state index is 11.6. The smallest absolute Gasteiger partial charge is 0.222 e. The fourth-order valence-corrected chi connectivity index (χ4v) is 1.90. The van der Waals surface area contributed by atoms with Gasteiger partial charge in [-0.05, 0) is 12.6 Å². The molecule has 1 unspecified atom stereocenters. The third-order valence-corrected chi connectivity index (χ3v) is 3.12. The van der Waals surface area contributed by atoms with Gasteiger partial charge in [-0.1, -0.05) is 30.3 Å². The van der Waals surface area contributed by atoms with Crippen LogP contribution >= 0.6 is 0 Å². The Balaban J connectivity index is 2.18. The van der Waals surface area contributed by atoms with Gasteiger partial charge >= 0.3 is 0 Å². The monoisotopic (exact) mass is 279 g/mol. The van der Waals surface area contributed by atoms with Crippen molar-refractivity contribution in [2.75, 3.05) is 33.8 Å². The molecule has 0 saturated heterocycles. The van der Waals surface area contributed by atoms with Crippen molar-refractivity contribution in [1.82, 2.24) is 10.2 Å². The van der Waals surface area contributed by atoms with Crippen LogP contribution in [0.4, 0.5) is 0 Å². The largest absolute Gasteiger partial charge is 0.380 e. The number of methoxy groups -OCH3 is 1. The van der Waals surface area contributed by atoms with E-state index in [1.807, 2.05) is 25.2 Å². The molecule has 1 atom stereocenters. The number of amides is 1.